The maximum absolute atomic E-state index is 12.4. The summed E-state index contributed by atoms with van der Waals surface area (Å²) in [4.78, 5) is 14.2. The van der Waals surface area contributed by atoms with E-state index in [1.165, 1.54) is 32.1 Å². The Kier molecular flexibility index (Phi) is 3.96. The molecular weight excluding hydrogens is 262 g/mol. The summed E-state index contributed by atoms with van der Waals surface area (Å²) in [5, 5.41) is 12.7. The van der Waals surface area contributed by atoms with E-state index in [9.17, 15) is 10.1 Å². The summed E-state index contributed by atoms with van der Waals surface area (Å²) in [5.74, 6) is 2.29. The van der Waals surface area contributed by atoms with E-state index in [0.29, 0.717) is 12.5 Å². The normalized spacial score (nSPS) is 42.0. The molecular formula is C17H27N3O. The van der Waals surface area contributed by atoms with Crippen LogP contribution in [-0.4, -0.2) is 35.5 Å². The molecule has 5 atom stereocenters. The summed E-state index contributed by atoms with van der Waals surface area (Å²) in [7, 11) is 0. The zero-order chi connectivity index (χ0) is 15.0. The van der Waals surface area contributed by atoms with Gasteiger partial charge in [-0.25, -0.2) is 0 Å². The minimum atomic E-state index is -0.218. The van der Waals surface area contributed by atoms with Crippen molar-refractivity contribution in [2.24, 2.45) is 17.8 Å². The second-order valence-corrected chi connectivity index (χ2v) is 7.81. The van der Waals surface area contributed by atoms with Crippen LogP contribution in [-0.2, 0) is 4.79 Å². The smallest absolute Gasteiger partial charge is 0.237 e. The lowest BCUT2D eigenvalue weighted by atomic mass is 9.96. The van der Waals surface area contributed by atoms with E-state index >= 15 is 0 Å². The molecule has 4 heteroatoms. The molecule has 3 rings (SSSR count). The molecule has 21 heavy (non-hydrogen) atoms. The number of nitrogens with one attached hydrogen (secondary N) is 1. The van der Waals surface area contributed by atoms with Gasteiger partial charge in [-0.1, -0.05) is 26.2 Å². The molecule has 1 heterocycles. The largest absolute Gasteiger partial charge is 0.325 e. The first kappa shape index (κ1) is 14.8. The van der Waals surface area contributed by atoms with E-state index in [1.807, 2.05) is 0 Å². The molecule has 0 aromatic carbocycles. The van der Waals surface area contributed by atoms with Crippen LogP contribution in [0.3, 0.4) is 0 Å². The van der Waals surface area contributed by atoms with Crippen molar-refractivity contribution in [3.63, 3.8) is 0 Å². The SMILES string of the molecule is CC1CC(C#N)N(C(=O)CNC2(C)C[C@H]3CCC[C@H]3C2)C1. The van der Waals surface area contributed by atoms with Gasteiger partial charge in [-0.15, -0.1) is 0 Å². The second kappa shape index (κ2) is 5.61. The number of rotatable bonds is 3. The van der Waals surface area contributed by atoms with E-state index in [-0.39, 0.29) is 17.5 Å². The van der Waals surface area contributed by atoms with E-state index in [1.54, 1.807) is 4.90 Å². The van der Waals surface area contributed by atoms with Crippen LogP contribution in [0.5, 0.6) is 0 Å². The molecule has 3 aliphatic rings. The first-order valence-corrected chi connectivity index (χ1v) is 8.45. The second-order valence-electron chi connectivity index (χ2n) is 7.81. The third kappa shape index (κ3) is 2.94. The molecule has 0 spiro atoms. The summed E-state index contributed by atoms with van der Waals surface area (Å²) in [6.45, 7) is 5.51. The van der Waals surface area contributed by atoms with Crippen molar-refractivity contribution in [2.45, 2.75) is 64.0 Å². The quantitative estimate of drug-likeness (QED) is 0.867. The molecule has 0 bridgehead atoms. The number of amides is 1. The molecule has 0 radical (unpaired) electrons. The maximum atomic E-state index is 12.4. The van der Waals surface area contributed by atoms with Crippen LogP contribution < -0.4 is 5.32 Å². The molecule has 116 valence electrons. The Balaban J connectivity index is 1.53. The highest BCUT2D eigenvalue weighted by Gasteiger charge is 2.44. The van der Waals surface area contributed by atoms with Crippen molar-refractivity contribution in [1.29, 1.82) is 5.26 Å². The average molecular weight is 289 g/mol. The number of likely N-dealkylation sites (tertiary alicyclic amines) is 1. The fourth-order valence-corrected chi connectivity index (χ4v) is 4.87. The van der Waals surface area contributed by atoms with Crippen LogP contribution >= 0.6 is 0 Å². The lowest BCUT2D eigenvalue weighted by Crippen LogP contribution is -2.48. The van der Waals surface area contributed by atoms with Crippen molar-refractivity contribution in [1.82, 2.24) is 10.2 Å². The van der Waals surface area contributed by atoms with E-state index in [0.717, 1.165) is 24.8 Å². The predicted octanol–water partition coefficient (Wildman–Crippen LogP) is 2.31. The minimum Gasteiger partial charge on any atom is -0.325 e. The van der Waals surface area contributed by atoms with E-state index in [4.69, 9.17) is 0 Å². The van der Waals surface area contributed by atoms with Crippen molar-refractivity contribution < 1.29 is 4.79 Å². The van der Waals surface area contributed by atoms with Gasteiger partial charge in [0.15, 0.2) is 0 Å². The van der Waals surface area contributed by atoms with Crippen molar-refractivity contribution in [3.8, 4) is 6.07 Å². The summed E-state index contributed by atoms with van der Waals surface area (Å²) in [5.41, 5.74) is 0.124. The molecule has 2 aliphatic carbocycles. The lowest BCUT2D eigenvalue weighted by molar-refractivity contribution is -0.130. The molecule has 1 amide bonds. The topological polar surface area (TPSA) is 56.1 Å². The van der Waals surface area contributed by atoms with Crippen molar-refractivity contribution in [2.75, 3.05) is 13.1 Å². The van der Waals surface area contributed by atoms with Gasteiger partial charge in [0.05, 0.1) is 12.6 Å². The van der Waals surface area contributed by atoms with Crippen LogP contribution in [0.15, 0.2) is 0 Å². The monoisotopic (exact) mass is 289 g/mol. The van der Waals surface area contributed by atoms with Gasteiger partial charge >= 0.3 is 0 Å². The Hall–Kier alpha value is -1.08. The zero-order valence-electron chi connectivity index (χ0n) is 13.3. The van der Waals surface area contributed by atoms with Gasteiger partial charge in [0.25, 0.3) is 0 Å². The van der Waals surface area contributed by atoms with Gasteiger partial charge in [-0.05, 0) is 43.9 Å². The highest BCUT2D eigenvalue weighted by atomic mass is 16.2. The number of carbonyl (C=O) groups is 1. The first-order valence-electron chi connectivity index (χ1n) is 8.45. The Labute approximate surface area is 127 Å². The van der Waals surface area contributed by atoms with Crippen LogP contribution in [0.25, 0.3) is 0 Å². The van der Waals surface area contributed by atoms with Crippen molar-refractivity contribution >= 4 is 5.91 Å². The summed E-state index contributed by atoms with van der Waals surface area (Å²) >= 11 is 0. The summed E-state index contributed by atoms with van der Waals surface area (Å²) in [6.07, 6.45) is 7.38. The first-order chi connectivity index (χ1) is 10.0. The lowest BCUT2D eigenvalue weighted by Gasteiger charge is -2.28. The Morgan fingerprint density at radius 2 is 2.05 bits per heavy atom. The number of fused-ring (bicyclic) bond motifs is 1. The fourth-order valence-electron chi connectivity index (χ4n) is 4.87. The highest BCUT2D eigenvalue weighted by Crippen LogP contribution is 2.48. The summed E-state index contributed by atoms with van der Waals surface area (Å²) in [6, 6.07) is 2.05. The third-order valence-electron chi connectivity index (χ3n) is 5.89. The van der Waals surface area contributed by atoms with Gasteiger partial charge < -0.3 is 10.2 Å². The Morgan fingerprint density at radius 3 is 2.67 bits per heavy atom. The van der Waals surface area contributed by atoms with Crippen LogP contribution in [0.1, 0.15) is 52.4 Å². The molecule has 1 aliphatic heterocycles. The molecule has 3 unspecified atom stereocenters. The standard InChI is InChI=1S/C17H27N3O/c1-12-6-15(9-18)20(11-12)16(21)10-19-17(2)7-13-4-3-5-14(13)8-17/h12-15,19H,3-8,10-11H2,1-2H3/t12?,13-,14+,15?,17?. The van der Waals surface area contributed by atoms with Crippen LogP contribution in [0.2, 0.25) is 0 Å². The fraction of sp³-hybridized carbons (Fsp3) is 0.882. The molecule has 2 saturated carbocycles. The highest BCUT2D eigenvalue weighted by molar-refractivity contribution is 5.79. The molecule has 0 aromatic heterocycles. The van der Waals surface area contributed by atoms with Crippen LogP contribution in [0, 0.1) is 29.1 Å². The van der Waals surface area contributed by atoms with Gasteiger partial charge in [0.1, 0.15) is 6.04 Å². The number of hydrogen-bond acceptors (Lipinski definition) is 3. The third-order valence-corrected chi connectivity index (χ3v) is 5.89. The van der Waals surface area contributed by atoms with E-state index < -0.39 is 0 Å². The van der Waals surface area contributed by atoms with Gasteiger partial charge in [0, 0.05) is 12.1 Å². The number of nitrogens with zero attached hydrogens (tertiary/aromatic N) is 2. The number of nitriles is 1. The summed E-state index contributed by atoms with van der Waals surface area (Å²) < 4.78 is 0. The van der Waals surface area contributed by atoms with Gasteiger partial charge in [0.2, 0.25) is 5.91 Å². The van der Waals surface area contributed by atoms with Crippen LogP contribution in [0.4, 0.5) is 0 Å². The minimum absolute atomic E-state index is 0.101. The van der Waals surface area contributed by atoms with Gasteiger partial charge in [-0.3, -0.25) is 4.79 Å². The van der Waals surface area contributed by atoms with E-state index in [2.05, 4.69) is 25.2 Å². The molecule has 1 N–H and O–H groups in total. The Bertz CT molecular complexity index is 443. The number of carbonyl (C=O) groups excluding carboxylic acids is 1. The average Bonchev–Trinajstić information content (AvgIpc) is 3.09. The van der Waals surface area contributed by atoms with Crippen molar-refractivity contribution in [3.05, 3.63) is 0 Å². The predicted molar refractivity (Wildman–Crippen MR) is 81.4 cm³/mol. The molecule has 3 fully saturated rings. The Morgan fingerprint density at radius 1 is 1.38 bits per heavy atom. The molecule has 4 nitrogen and oxygen atoms in total. The van der Waals surface area contributed by atoms with Gasteiger partial charge in [-0.2, -0.15) is 5.26 Å². The molecule has 0 aromatic rings. The zero-order valence-corrected chi connectivity index (χ0v) is 13.3. The maximum Gasteiger partial charge on any atom is 0.237 e. The molecule has 1 saturated heterocycles. The number of hydrogen-bond donors (Lipinski definition) is 1.